The first-order valence-electron chi connectivity index (χ1n) is 7.53. The second-order valence-corrected chi connectivity index (χ2v) is 6.15. The fraction of sp³-hybridized carbons (Fsp3) is 0.278. The van der Waals surface area contributed by atoms with Crippen molar-refractivity contribution in [3.05, 3.63) is 64.7 Å². The molecule has 0 radical (unpaired) electrons. The number of carbonyl (C=O) groups is 1. The molecule has 1 heterocycles. The molecule has 1 fully saturated rings. The van der Waals surface area contributed by atoms with Crippen LogP contribution in [0, 0.1) is 0 Å². The summed E-state index contributed by atoms with van der Waals surface area (Å²) in [7, 11) is 0. The molecular weight excluding hydrogens is 296 g/mol. The first-order valence-corrected chi connectivity index (χ1v) is 7.90. The van der Waals surface area contributed by atoms with Gasteiger partial charge in [-0.05, 0) is 48.2 Å². The lowest BCUT2D eigenvalue weighted by molar-refractivity contribution is -0.131. The predicted molar refractivity (Wildman–Crippen MR) is 89.7 cm³/mol. The molecule has 0 aliphatic carbocycles. The molecule has 0 bridgehead atoms. The number of anilines is 1. The molecule has 4 heteroatoms. The maximum absolute atomic E-state index is 12.6. The van der Waals surface area contributed by atoms with Crippen molar-refractivity contribution in [3.8, 4) is 0 Å². The van der Waals surface area contributed by atoms with E-state index < -0.39 is 0 Å². The molecule has 2 aromatic rings. The Morgan fingerprint density at radius 3 is 2.50 bits per heavy atom. The molecule has 1 aliphatic heterocycles. The molecule has 1 saturated heterocycles. The Bertz CT molecular complexity index is 652. The van der Waals surface area contributed by atoms with Crippen LogP contribution in [-0.2, 0) is 11.2 Å². The molecule has 1 unspecified atom stereocenters. The molecule has 1 atom stereocenters. The Morgan fingerprint density at radius 2 is 1.82 bits per heavy atom. The zero-order valence-corrected chi connectivity index (χ0v) is 13.1. The van der Waals surface area contributed by atoms with Crippen LogP contribution in [-0.4, -0.2) is 17.4 Å². The number of nitrogens with zero attached hydrogens (tertiary/aromatic N) is 1. The quantitative estimate of drug-likeness (QED) is 0.875. The smallest absolute Gasteiger partial charge is 0.227 e. The van der Waals surface area contributed by atoms with E-state index in [1.807, 2.05) is 53.4 Å². The number of rotatable bonds is 3. The minimum Gasteiger partial charge on any atom is -0.399 e. The Morgan fingerprint density at radius 1 is 1.14 bits per heavy atom. The van der Waals surface area contributed by atoms with Crippen molar-refractivity contribution in [2.45, 2.75) is 25.3 Å². The third kappa shape index (κ3) is 3.25. The molecule has 114 valence electrons. The van der Waals surface area contributed by atoms with Gasteiger partial charge >= 0.3 is 0 Å². The van der Waals surface area contributed by atoms with E-state index in [2.05, 4.69) is 0 Å². The SMILES string of the molecule is Nc1ccc(CC(=O)N2CCCC2c2ccc(Cl)cc2)cc1. The Balaban J connectivity index is 1.73. The molecule has 0 saturated carbocycles. The van der Waals surface area contributed by atoms with Gasteiger partial charge in [-0.25, -0.2) is 0 Å². The lowest BCUT2D eigenvalue weighted by Gasteiger charge is -2.25. The minimum absolute atomic E-state index is 0.165. The van der Waals surface area contributed by atoms with Crippen LogP contribution in [0.3, 0.4) is 0 Å². The highest BCUT2D eigenvalue weighted by molar-refractivity contribution is 6.30. The van der Waals surface area contributed by atoms with Crippen molar-refractivity contribution in [1.82, 2.24) is 4.90 Å². The van der Waals surface area contributed by atoms with Crippen molar-refractivity contribution in [1.29, 1.82) is 0 Å². The number of nitrogens with two attached hydrogens (primary N) is 1. The van der Waals surface area contributed by atoms with Crippen molar-refractivity contribution < 1.29 is 4.79 Å². The molecular formula is C18H19ClN2O. The maximum atomic E-state index is 12.6. The largest absolute Gasteiger partial charge is 0.399 e. The third-order valence-electron chi connectivity index (χ3n) is 4.16. The van der Waals surface area contributed by atoms with Crippen LogP contribution in [0.25, 0.3) is 0 Å². The van der Waals surface area contributed by atoms with Gasteiger partial charge in [-0.1, -0.05) is 35.9 Å². The molecule has 1 amide bonds. The van der Waals surface area contributed by atoms with Crippen LogP contribution in [0.15, 0.2) is 48.5 Å². The van der Waals surface area contributed by atoms with Gasteiger partial charge in [0.25, 0.3) is 0 Å². The normalized spacial score (nSPS) is 17.7. The van der Waals surface area contributed by atoms with Crippen LogP contribution in [0.2, 0.25) is 5.02 Å². The van der Waals surface area contributed by atoms with Gasteiger partial charge in [0.05, 0.1) is 12.5 Å². The number of halogens is 1. The second kappa shape index (κ2) is 6.41. The predicted octanol–water partition coefficient (Wildman–Crippen LogP) is 3.83. The van der Waals surface area contributed by atoms with Gasteiger partial charge in [0.2, 0.25) is 5.91 Å². The van der Waals surface area contributed by atoms with E-state index in [1.54, 1.807) is 0 Å². The fourth-order valence-electron chi connectivity index (χ4n) is 3.01. The average Bonchev–Trinajstić information content (AvgIpc) is 3.00. The first kappa shape index (κ1) is 14.9. The van der Waals surface area contributed by atoms with E-state index >= 15 is 0 Å². The van der Waals surface area contributed by atoms with Gasteiger partial charge in [-0.15, -0.1) is 0 Å². The number of hydrogen-bond acceptors (Lipinski definition) is 2. The molecule has 0 spiro atoms. The van der Waals surface area contributed by atoms with Gasteiger partial charge < -0.3 is 10.6 Å². The van der Waals surface area contributed by atoms with Crippen LogP contribution in [0.5, 0.6) is 0 Å². The van der Waals surface area contributed by atoms with E-state index in [0.717, 1.165) is 41.2 Å². The average molecular weight is 315 g/mol. The molecule has 22 heavy (non-hydrogen) atoms. The van der Waals surface area contributed by atoms with Crippen molar-refractivity contribution in [3.63, 3.8) is 0 Å². The van der Waals surface area contributed by atoms with Crippen molar-refractivity contribution >= 4 is 23.2 Å². The topological polar surface area (TPSA) is 46.3 Å². The number of nitrogen functional groups attached to an aromatic ring is 1. The number of benzene rings is 2. The van der Waals surface area contributed by atoms with E-state index in [4.69, 9.17) is 17.3 Å². The van der Waals surface area contributed by atoms with Crippen molar-refractivity contribution in [2.75, 3.05) is 12.3 Å². The molecule has 3 rings (SSSR count). The summed E-state index contributed by atoms with van der Waals surface area (Å²) < 4.78 is 0. The van der Waals surface area contributed by atoms with Crippen LogP contribution < -0.4 is 5.73 Å². The van der Waals surface area contributed by atoms with Gasteiger partial charge in [0, 0.05) is 17.3 Å². The lowest BCUT2D eigenvalue weighted by atomic mass is 10.0. The van der Waals surface area contributed by atoms with E-state index in [0.29, 0.717) is 6.42 Å². The second-order valence-electron chi connectivity index (χ2n) is 5.72. The highest BCUT2D eigenvalue weighted by atomic mass is 35.5. The molecule has 2 aromatic carbocycles. The van der Waals surface area contributed by atoms with Gasteiger partial charge in [-0.2, -0.15) is 0 Å². The summed E-state index contributed by atoms with van der Waals surface area (Å²) in [5.74, 6) is 0.169. The summed E-state index contributed by atoms with van der Waals surface area (Å²) in [5.41, 5.74) is 8.56. The molecule has 0 aromatic heterocycles. The highest BCUT2D eigenvalue weighted by Crippen LogP contribution is 2.33. The molecule has 2 N–H and O–H groups in total. The Labute approximate surface area is 135 Å². The number of amides is 1. The monoisotopic (exact) mass is 314 g/mol. The summed E-state index contributed by atoms with van der Waals surface area (Å²) in [6.07, 6.45) is 2.47. The fourth-order valence-corrected chi connectivity index (χ4v) is 3.13. The van der Waals surface area contributed by atoms with E-state index in [9.17, 15) is 4.79 Å². The number of hydrogen-bond donors (Lipinski definition) is 1. The van der Waals surface area contributed by atoms with Crippen LogP contribution in [0.1, 0.15) is 30.0 Å². The number of likely N-dealkylation sites (tertiary alicyclic amines) is 1. The lowest BCUT2D eigenvalue weighted by Crippen LogP contribution is -2.31. The molecule has 1 aliphatic rings. The Kier molecular flexibility index (Phi) is 4.34. The zero-order chi connectivity index (χ0) is 15.5. The third-order valence-corrected chi connectivity index (χ3v) is 4.41. The minimum atomic E-state index is 0.165. The first-order chi connectivity index (χ1) is 10.6. The van der Waals surface area contributed by atoms with E-state index in [1.165, 1.54) is 0 Å². The highest BCUT2D eigenvalue weighted by Gasteiger charge is 2.29. The zero-order valence-electron chi connectivity index (χ0n) is 12.3. The van der Waals surface area contributed by atoms with Gasteiger partial charge in [0.15, 0.2) is 0 Å². The Hall–Kier alpha value is -2.00. The van der Waals surface area contributed by atoms with Crippen LogP contribution >= 0.6 is 11.6 Å². The summed E-state index contributed by atoms with van der Waals surface area (Å²) in [4.78, 5) is 14.6. The van der Waals surface area contributed by atoms with Crippen LogP contribution in [0.4, 0.5) is 5.69 Å². The summed E-state index contributed by atoms with van der Waals surface area (Å²) in [6, 6.07) is 15.5. The van der Waals surface area contributed by atoms with Crippen molar-refractivity contribution in [2.24, 2.45) is 0 Å². The standard InChI is InChI=1S/C18H19ClN2O/c19-15-7-5-14(6-8-15)17-2-1-11-21(17)18(22)12-13-3-9-16(20)10-4-13/h3-10,17H,1-2,11-12,20H2. The molecule has 3 nitrogen and oxygen atoms in total. The summed E-state index contributed by atoms with van der Waals surface area (Å²) in [5, 5.41) is 0.724. The maximum Gasteiger partial charge on any atom is 0.227 e. The van der Waals surface area contributed by atoms with Gasteiger partial charge in [-0.3, -0.25) is 4.79 Å². The summed E-state index contributed by atoms with van der Waals surface area (Å²) >= 11 is 5.95. The van der Waals surface area contributed by atoms with Gasteiger partial charge in [0.1, 0.15) is 0 Å². The number of carbonyl (C=O) groups excluding carboxylic acids is 1. The summed E-state index contributed by atoms with van der Waals surface area (Å²) in [6.45, 7) is 0.821. The van der Waals surface area contributed by atoms with E-state index in [-0.39, 0.29) is 11.9 Å².